The second kappa shape index (κ2) is 7.98. The molecule has 0 aromatic heterocycles. The van der Waals surface area contributed by atoms with Crippen LogP contribution in [0.2, 0.25) is 0 Å². The number of nitrogens with one attached hydrogen (secondary N) is 1. The van der Waals surface area contributed by atoms with E-state index in [1.807, 2.05) is 42.5 Å². The average Bonchev–Trinajstić information content (AvgIpc) is 2.66. The number of hydrogen-bond acceptors (Lipinski definition) is 3. The Morgan fingerprint density at radius 3 is 2.36 bits per heavy atom. The summed E-state index contributed by atoms with van der Waals surface area (Å²) in [5.41, 5.74) is 0.731. The van der Waals surface area contributed by atoms with Gasteiger partial charge >= 0.3 is 0 Å². The molecule has 1 N–H and O–H groups in total. The summed E-state index contributed by atoms with van der Waals surface area (Å²) in [6.45, 7) is 1.67. The minimum atomic E-state index is -3.86. The smallest absolute Gasteiger partial charge is 0.243 e. The molecule has 0 unspecified atom stereocenters. The van der Waals surface area contributed by atoms with Gasteiger partial charge in [-0.3, -0.25) is 9.10 Å². The van der Waals surface area contributed by atoms with Gasteiger partial charge < -0.3 is 5.32 Å². The molecule has 28 heavy (non-hydrogen) atoms. The summed E-state index contributed by atoms with van der Waals surface area (Å²) in [5.74, 6) is -1.22. The van der Waals surface area contributed by atoms with Crippen molar-refractivity contribution in [3.05, 3.63) is 78.1 Å². The fraction of sp³-hybridized carbons (Fsp3) is 0.190. The van der Waals surface area contributed by atoms with Gasteiger partial charge in [-0.25, -0.2) is 12.8 Å². The number of carbonyl (C=O) groups is 1. The minimum Gasteiger partial charge on any atom is -0.350 e. The molecule has 0 radical (unpaired) electrons. The molecule has 1 amide bonds. The predicted molar refractivity (Wildman–Crippen MR) is 109 cm³/mol. The Morgan fingerprint density at radius 2 is 1.68 bits per heavy atom. The van der Waals surface area contributed by atoms with Crippen molar-refractivity contribution in [1.82, 2.24) is 5.32 Å². The number of anilines is 1. The van der Waals surface area contributed by atoms with Gasteiger partial charge in [0.25, 0.3) is 0 Å². The summed E-state index contributed by atoms with van der Waals surface area (Å²) < 4.78 is 39.4. The monoisotopic (exact) mass is 400 g/mol. The lowest BCUT2D eigenvalue weighted by molar-refractivity contribution is -0.122. The van der Waals surface area contributed by atoms with E-state index in [0.29, 0.717) is 0 Å². The van der Waals surface area contributed by atoms with E-state index in [0.717, 1.165) is 33.0 Å². The summed E-state index contributed by atoms with van der Waals surface area (Å²) in [5, 5.41) is 4.88. The Morgan fingerprint density at radius 1 is 1.04 bits per heavy atom. The van der Waals surface area contributed by atoms with E-state index in [2.05, 4.69) is 5.32 Å². The molecule has 146 valence electrons. The van der Waals surface area contributed by atoms with Gasteiger partial charge in [-0.15, -0.1) is 0 Å². The molecule has 0 saturated carbocycles. The van der Waals surface area contributed by atoms with Gasteiger partial charge in [-0.2, -0.15) is 0 Å². The van der Waals surface area contributed by atoms with Crippen molar-refractivity contribution < 1.29 is 17.6 Å². The van der Waals surface area contributed by atoms with Gasteiger partial charge in [0.1, 0.15) is 11.9 Å². The number of carbonyl (C=O) groups excluding carboxylic acids is 1. The van der Waals surface area contributed by atoms with Crippen LogP contribution < -0.4 is 9.62 Å². The summed E-state index contributed by atoms with van der Waals surface area (Å²) in [6, 6.07) is 18.1. The van der Waals surface area contributed by atoms with E-state index < -0.39 is 27.8 Å². The Labute approximate surface area is 163 Å². The first-order valence-electron chi connectivity index (χ1n) is 8.76. The number of benzene rings is 3. The van der Waals surface area contributed by atoms with E-state index >= 15 is 0 Å². The maximum absolute atomic E-state index is 14.2. The zero-order valence-electron chi connectivity index (χ0n) is 15.6. The lowest BCUT2D eigenvalue weighted by Crippen LogP contribution is -2.48. The van der Waals surface area contributed by atoms with Crippen molar-refractivity contribution in [2.24, 2.45) is 0 Å². The molecule has 0 heterocycles. The first kappa shape index (κ1) is 19.8. The van der Waals surface area contributed by atoms with E-state index in [4.69, 9.17) is 0 Å². The zero-order valence-corrected chi connectivity index (χ0v) is 16.4. The van der Waals surface area contributed by atoms with Crippen molar-refractivity contribution in [2.45, 2.75) is 19.5 Å². The third-order valence-electron chi connectivity index (χ3n) is 4.46. The van der Waals surface area contributed by atoms with Crippen LogP contribution in [0.1, 0.15) is 12.5 Å². The summed E-state index contributed by atoms with van der Waals surface area (Å²) in [7, 11) is -3.86. The fourth-order valence-electron chi connectivity index (χ4n) is 3.10. The van der Waals surface area contributed by atoms with Crippen molar-refractivity contribution in [3.8, 4) is 0 Å². The third-order valence-corrected chi connectivity index (χ3v) is 5.69. The molecule has 5 nitrogen and oxygen atoms in total. The number of halogens is 1. The number of amides is 1. The van der Waals surface area contributed by atoms with Gasteiger partial charge in [-0.05, 0) is 41.5 Å². The molecule has 0 aliphatic rings. The van der Waals surface area contributed by atoms with Gasteiger partial charge in [0.2, 0.25) is 15.9 Å². The van der Waals surface area contributed by atoms with Gasteiger partial charge in [-0.1, -0.05) is 48.5 Å². The Balaban J connectivity index is 1.78. The third kappa shape index (κ3) is 4.31. The molecule has 1 atom stereocenters. The topological polar surface area (TPSA) is 66.5 Å². The van der Waals surface area contributed by atoms with Crippen LogP contribution in [0.5, 0.6) is 0 Å². The molecular weight excluding hydrogens is 379 g/mol. The number of hydrogen-bond donors (Lipinski definition) is 1. The molecule has 0 bridgehead atoms. The molecule has 0 aliphatic carbocycles. The summed E-state index contributed by atoms with van der Waals surface area (Å²) >= 11 is 0. The normalized spacial score (nSPS) is 12.5. The Hall–Kier alpha value is -2.93. The second-order valence-corrected chi connectivity index (χ2v) is 8.44. The number of para-hydroxylation sites is 1. The van der Waals surface area contributed by atoms with Crippen molar-refractivity contribution in [3.63, 3.8) is 0 Å². The fourth-order valence-corrected chi connectivity index (χ4v) is 4.27. The first-order chi connectivity index (χ1) is 13.3. The van der Waals surface area contributed by atoms with Gasteiger partial charge in [0.15, 0.2) is 0 Å². The largest absolute Gasteiger partial charge is 0.350 e. The quantitative estimate of drug-likeness (QED) is 0.689. The summed E-state index contributed by atoms with van der Waals surface area (Å²) in [6.07, 6.45) is 0.951. The number of fused-ring (bicyclic) bond motifs is 1. The molecule has 3 aromatic carbocycles. The number of sulfonamides is 1. The van der Waals surface area contributed by atoms with Crippen LogP contribution >= 0.6 is 0 Å². The van der Waals surface area contributed by atoms with Crippen LogP contribution in [0, 0.1) is 5.82 Å². The maximum atomic E-state index is 14.2. The molecule has 3 aromatic rings. The minimum absolute atomic E-state index is 0.154. The molecule has 3 rings (SSSR count). The second-order valence-electron chi connectivity index (χ2n) is 6.59. The Bertz CT molecular complexity index is 1120. The molecule has 0 saturated heterocycles. The van der Waals surface area contributed by atoms with Crippen LogP contribution in [0.15, 0.2) is 66.7 Å². The molecule has 0 aliphatic heterocycles. The number of nitrogens with zero attached hydrogens (tertiary/aromatic N) is 1. The van der Waals surface area contributed by atoms with Crippen molar-refractivity contribution in [2.75, 3.05) is 10.6 Å². The lowest BCUT2D eigenvalue weighted by Gasteiger charge is -2.28. The SMILES string of the molecule is C[C@@H](C(=O)NCc1ccc2ccccc2c1)N(c1ccccc1F)S(C)(=O)=O. The lowest BCUT2D eigenvalue weighted by atomic mass is 10.1. The van der Waals surface area contributed by atoms with Crippen molar-refractivity contribution in [1.29, 1.82) is 0 Å². The maximum Gasteiger partial charge on any atom is 0.243 e. The van der Waals surface area contributed by atoms with E-state index in [-0.39, 0.29) is 12.2 Å². The van der Waals surface area contributed by atoms with E-state index in [9.17, 15) is 17.6 Å². The average molecular weight is 400 g/mol. The van der Waals surface area contributed by atoms with E-state index in [1.54, 1.807) is 0 Å². The van der Waals surface area contributed by atoms with Crippen molar-refractivity contribution >= 4 is 32.4 Å². The highest BCUT2D eigenvalue weighted by molar-refractivity contribution is 7.92. The highest BCUT2D eigenvalue weighted by Crippen LogP contribution is 2.24. The summed E-state index contributed by atoms with van der Waals surface area (Å²) in [4.78, 5) is 12.6. The Kier molecular flexibility index (Phi) is 5.65. The van der Waals surface area contributed by atoms with Gasteiger partial charge in [0.05, 0.1) is 11.9 Å². The van der Waals surface area contributed by atoms with Crippen LogP contribution in [0.3, 0.4) is 0 Å². The molecule has 0 spiro atoms. The van der Waals surface area contributed by atoms with Crippen LogP contribution in [-0.4, -0.2) is 26.6 Å². The number of rotatable bonds is 6. The van der Waals surface area contributed by atoms with Gasteiger partial charge in [0, 0.05) is 6.54 Å². The van der Waals surface area contributed by atoms with Crippen LogP contribution in [0.4, 0.5) is 10.1 Å². The van der Waals surface area contributed by atoms with Crippen LogP contribution in [-0.2, 0) is 21.4 Å². The first-order valence-corrected chi connectivity index (χ1v) is 10.6. The molecule has 7 heteroatoms. The van der Waals surface area contributed by atoms with Crippen LogP contribution in [0.25, 0.3) is 10.8 Å². The predicted octanol–water partition coefficient (Wildman–Crippen LogP) is 3.45. The zero-order chi connectivity index (χ0) is 20.3. The molecule has 0 fully saturated rings. The standard InChI is InChI=1S/C21H21FN2O3S/c1-15(24(28(2,26)27)20-10-6-5-9-19(20)22)21(25)23-14-16-11-12-17-7-3-4-8-18(17)13-16/h3-13,15H,14H2,1-2H3,(H,23,25)/t15-/m0/s1. The molecular formula is C21H21FN2O3S. The highest BCUT2D eigenvalue weighted by atomic mass is 32.2. The highest BCUT2D eigenvalue weighted by Gasteiger charge is 2.30. The van der Waals surface area contributed by atoms with E-state index in [1.165, 1.54) is 25.1 Å².